The van der Waals surface area contributed by atoms with Crippen LogP contribution in [0.15, 0.2) is 51.9 Å². The Bertz CT molecular complexity index is 840. The molecule has 0 atom stereocenters. The zero-order chi connectivity index (χ0) is 19.8. The van der Waals surface area contributed by atoms with Crippen molar-refractivity contribution < 1.29 is 14.3 Å². The lowest BCUT2D eigenvalue weighted by atomic mass is 10.1. The molecular formula is C20H23BrN4O3. The maximum Gasteiger partial charge on any atom is 0.251 e. The third-order valence-corrected chi connectivity index (χ3v) is 4.70. The standard InChI is InChI=1S/C20H23BrN4O3/c1-22-20(24-9-8-14-2-7-17-18(12-14)28-13-27-17)25-11-10-23-19(26)15-3-5-16(21)6-4-15/h2-7,12H,8-11,13H2,1H3,(H,23,26)(H2,22,24,25). The van der Waals surface area contributed by atoms with Crippen molar-refractivity contribution >= 4 is 27.8 Å². The van der Waals surface area contributed by atoms with Gasteiger partial charge in [-0.1, -0.05) is 22.0 Å². The number of benzene rings is 2. The Morgan fingerprint density at radius 1 is 1.00 bits per heavy atom. The fraction of sp³-hybridized carbons (Fsp3) is 0.300. The van der Waals surface area contributed by atoms with Gasteiger partial charge in [-0.25, -0.2) is 0 Å². The molecule has 7 nitrogen and oxygen atoms in total. The fourth-order valence-electron chi connectivity index (χ4n) is 2.70. The number of ether oxygens (including phenoxy) is 2. The fourth-order valence-corrected chi connectivity index (χ4v) is 2.97. The van der Waals surface area contributed by atoms with Crippen molar-refractivity contribution in [1.29, 1.82) is 0 Å². The summed E-state index contributed by atoms with van der Waals surface area (Å²) in [5, 5.41) is 9.32. The first kappa shape index (κ1) is 20.0. The molecule has 2 aromatic carbocycles. The molecule has 1 amide bonds. The summed E-state index contributed by atoms with van der Waals surface area (Å²) < 4.78 is 11.7. The molecule has 1 aliphatic rings. The van der Waals surface area contributed by atoms with Gasteiger partial charge in [-0.15, -0.1) is 0 Å². The number of carbonyl (C=O) groups is 1. The smallest absolute Gasteiger partial charge is 0.251 e. The van der Waals surface area contributed by atoms with Crippen molar-refractivity contribution in [2.75, 3.05) is 33.5 Å². The minimum Gasteiger partial charge on any atom is -0.454 e. The quantitative estimate of drug-likeness (QED) is 0.345. The van der Waals surface area contributed by atoms with Gasteiger partial charge in [0.15, 0.2) is 17.5 Å². The Labute approximate surface area is 172 Å². The number of nitrogens with zero attached hydrogens (tertiary/aromatic N) is 1. The monoisotopic (exact) mass is 446 g/mol. The van der Waals surface area contributed by atoms with Crippen molar-refractivity contribution in [1.82, 2.24) is 16.0 Å². The van der Waals surface area contributed by atoms with E-state index in [1.165, 1.54) is 0 Å². The number of hydrogen-bond acceptors (Lipinski definition) is 4. The summed E-state index contributed by atoms with van der Waals surface area (Å²) in [5.41, 5.74) is 1.79. The maximum absolute atomic E-state index is 12.1. The van der Waals surface area contributed by atoms with E-state index in [1.54, 1.807) is 19.2 Å². The summed E-state index contributed by atoms with van der Waals surface area (Å²) in [7, 11) is 1.72. The van der Waals surface area contributed by atoms with Crippen LogP contribution in [0, 0.1) is 0 Å². The molecule has 28 heavy (non-hydrogen) atoms. The van der Waals surface area contributed by atoms with Crippen molar-refractivity contribution in [2.45, 2.75) is 6.42 Å². The van der Waals surface area contributed by atoms with Crippen molar-refractivity contribution in [3.8, 4) is 11.5 Å². The van der Waals surface area contributed by atoms with Crippen LogP contribution in [0.5, 0.6) is 11.5 Å². The van der Waals surface area contributed by atoms with Crippen LogP contribution in [0.2, 0.25) is 0 Å². The first-order valence-corrected chi connectivity index (χ1v) is 9.82. The topological polar surface area (TPSA) is 84.0 Å². The molecule has 0 radical (unpaired) electrons. The van der Waals surface area contributed by atoms with Gasteiger partial charge in [-0.05, 0) is 48.4 Å². The number of nitrogens with one attached hydrogen (secondary N) is 3. The molecule has 0 spiro atoms. The van der Waals surface area contributed by atoms with Crippen LogP contribution in [0.4, 0.5) is 0 Å². The van der Waals surface area contributed by atoms with Crippen molar-refractivity contribution in [3.63, 3.8) is 0 Å². The number of halogens is 1. The third-order valence-electron chi connectivity index (χ3n) is 4.18. The molecule has 1 aliphatic heterocycles. The van der Waals surface area contributed by atoms with E-state index in [1.807, 2.05) is 30.3 Å². The van der Waals surface area contributed by atoms with Crippen LogP contribution < -0.4 is 25.4 Å². The Kier molecular flexibility index (Phi) is 7.13. The molecule has 2 aromatic rings. The molecular weight excluding hydrogens is 424 g/mol. The minimum atomic E-state index is -0.0972. The van der Waals surface area contributed by atoms with Crippen LogP contribution >= 0.6 is 15.9 Å². The molecule has 0 saturated heterocycles. The van der Waals surface area contributed by atoms with E-state index >= 15 is 0 Å². The van der Waals surface area contributed by atoms with Gasteiger partial charge in [0.2, 0.25) is 6.79 Å². The Morgan fingerprint density at radius 3 is 2.50 bits per heavy atom. The first-order chi connectivity index (χ1) is 13.7. The second-order valence-corrected chi connectivity index (χ2v) is 7.04. The third kappa shape index (κ3) is 5.63. The highest BCUT2D eigenvalue weighted by atomic mass is 79.9. The number of guanidine groups is 1. The molecule has 0 aromatic heterocycles. The van der Waals surface area contributed by atoms with Gasteiger partial charge >= 0.3 is 0 Å². The lowest BCUT2D eigenvalue weighted by Crippen LogP contribution is -2.42. The molecule has 148 valence electrons. The van der Waals surface area contributed by atoms with Crippen LogP contribution in [0.3, 0.4) is 0 Å². The van der Waals surface area contributed by atoms with Gasteiger partial charge in [0.1, 0.15) is 0 Å². The zero-order valence-electron chi connectivity index (χ0n) is 15.6. The maximum atomic E-state index is 12.1. The average molecular weight is 447 g/mol. The highest BCUT2D eigenvalue weighted by Crippen LogP contribution is 2.32. The van der Waals surface area contributed by atoms with Gasteiger partial charge in [0.25, 0.3) is 5.91 Å². The Morgan fingerprint density at radius 2 is 1.71 bits per heavy atom. The van der Waals surface area contributed by atoms with Crippen LogP contribution in [0.1, 0.15) is 15.9 Å². The van der Waals surface area contributed by atoms with Gasteiger partial charge in [-0.3, -0.25) is 9.79 Å². The predicted molar refractivity (Wildman–Crippen MR) is 112 cm³/mol. The summed E-state index contributed by atoms with van der Waals surface area (Å²) in [6.45, 7) is 2.08. The minimum absolute atomic E-state index is 0.0972. The summed E-state index contributed by atoms with van der Waals surface area (Å²) >= 11 is 3.36. The molecule has 3 rings (SSSR count). The first-order valence-electron chi connectivity index (χ1n) is 9.02. The molecule has 8 heteroatoms. The number of carbonyl (C=O) groups excluding carboxylic acids is 1. The van der Waals surface area contributed by atoms with E-state index in [-0.39, 0.29) is 12.7 Å². The van der Waals surface area contributed by atoms with E-state index in [0.29, 0.717) is 24.6 Å². The van der Waals surface area contributed by atoms with Gasteiger partial charge < -0.3 is 25.4 Å². The summed E-state index contributed by atoms with van der Waals surface area (Å²) in [4.78, 5) is 16.3. The molecule has 3 N–H and O–H groups in total. The largest absolute Gasteiger partial charge is 0.454 e. The van der Waals surface area contributed by atoms with E-state index < -0.39 is 0 Å². The van der Waals surface area contributed by atoms with Gasteiger partial charge in [0, 0.05) is 36.7 Å². The molecule has 0 unspecified atom stereocenters. The predicted octanol–water partition coefficient (Wildman–Crippen LogP) is 2.32. The highest BCUT2D eigenvalue weighted by Gasteiger charge is 2.13. The number of rotatable bonds is 7. The number of hydrogen-bond donors (Lipinski definition) is 3. The van der Waals surface area contributed by atoms with Crippen molar-refractivity contribution in [2.24, 2.45) is 4.99 Å². The SMILES string of the molecule is CN=C(NCCNC(=O)c1ccc(Br)cc1)NCCc1ccc2c(c1)OCO2. The second-order valence-electron chi connectivity index (χ2n) is 6.13. The van der Waals surface area contributed by atoms with E-state index in [0.717, 1.165) is 34.5 Å². The van der Waals surface area contributed by atoms with E-state index in [4.69, 9.17) is 9.47 Å². The van der Waals surface area contributed by atoms with Crippen LogP contribution in [-0.4, -0.2) is 45.3 Å². The molecule has 0 saturated carbocycles. The Balaban J connectivity index is 1.34. The summed E-state index contributed by atoms with van der Waals surface area (Å²) in [6, 6.07) is 13.2. The number of amides is 1. The van der Waals surface area contributed by atoms with E-state index in [9.17, 15) is 4.79 Å². The molecule has 0 aliphatic carbocycles. The van der Waals surface area contributed by atoms with Crippen LogP contribution in [0.25, 0.3) is 0 Å². The zero-order valence-corrected chi connectivity index (χ0v) is 17.2. The van der Waals surface area contributed by atoms with Gasteiger partial charge in [-0.2, -0.15) is 0 Å². The van der Waals surface area contributed by atoms with Crippen LogP contribution in [-0.2, 0) is 6.42 Å². The summed E-state index contributed by atoms with van der Waals surface area (Å²) in [5.74, 6) is 2.18. The average Bonchev–Trinajstić information content (AvgIpc) is 3.18. The second kappa shape index (κ2) is 9.98. The lowest BCUT2D eigenvalue weighted by Gasteiger charge is -2.12. The normalized spacial score (nSPS) is 12.6. The van der Waals surface area contributed by atoms with Gasteiger partial charge in [0.05, 0.1) is 0 Å². The lowest BCUT2D eigenvalue weighted by molar-refractivity contribution is 0.0954. The molecule has 1 heterocycles. The van der Waals surface area contributed by atoms with E-state index in [2.05, 4.69) is 36.9 Å². The number of aliphatic imine (C=N–C) groups is 1. The number of fused-ring (bicyclic) bond motifs is 1. The van der Waals surface area contributed by atoms with Crippen molar-refractivity contribution in [3.05, 3.63) is 58.1 Å². The molecule has 0 bridgehead atoms. The summed E-state index contributed by atoms with van der Waals surface area (Å²) in [6.07, 6.45) is 0.831. The highest BCUT2D eigenvalue weighted by molar-refractivity contribution is 9.10. The molecule has 0 fully saturated rings. The Hall–Kier alpha value is -2.74.